The van der Waals surface area contributed by atoms with Crippen molar-refractivity contribution in [3.05, 3.63) is 65.5 Å². The molecule has 0 unspecified atom stereocenters. The number of alkyl halides is 3. The number of carbonyl (C=O) groups excluding carboxylic acids is 1. The highest BCUT2D eigenvalue weighted by Gasteiger charge is 2.35. The molecule has 2 heterocycles. The van der Waals surface area contributed by atoms with Crippen molar-refractivity contribution in [1.29, 1.82) is 0 Å². The molecule has 0 aliphatic carbocycles. The van der Waals surface area contributed by atoms with E-state index in [4.69, 9.17) is 0 Å². The van der Waals surface area contributed by atoms with Crippen LogP contribution < -0.4 is 5.32 Å². The van der Waals surface area contributed by atoms with Crippen molar-refractivity contribution in [2.24, 2.45) is 7.05 Å². The molecule has 136 valence electrons. The Kier molecular flexibility index (Phi) is 4.49. The Morgan fingerprint density at radius 2 is 2.04 bits per heavy atom. The van der Waals surface area contributed by atoms with E-state index in [1.807, 2.05) is 0 Å². The lowest BCUT2D eigenvalue weighted by Gasteiger charge is -2.04. The molecule has 1 amide bonds. The molecule has 0 saturated heterocycles. The number of benzene rings is 1. The molecule has 3 aromatic rings. The van der Waals surface area contributed by atoms with E-state index < -0.39 is 17.8 Å². The first kappa shape index (κ1) is 17.6. The van der Waals surface area contributed by atoms with Gasteiger partial charge >= 0.3 is 6.18 Å². The zero-order chi connectivity index (χ0) is 18.9. The summed E-state index contributed by atoms with van der Waals surface area (Å²) in [6, 6.07) is 6.63. The van der Waals surface area contributed by atoms with E-state index in [2.05, 4.69) is 15.5 Å². The normalized spacial score (nSPS) is 11.6. The summed E-state index contributed by atoms with van der Waals surface area (Å²) >= 11 is 0. The van der Waals surface area contributed by atoms with Gasteiger partial charge in [-0.05, 0) is 17.7 Å². The fraction of sp³-hybridized carbons (Fsp3) is 0.188. The van der Waals surface area contributed by atoms with Gasteiger partial charge in [-0.25, -0.2) is 4.39 Å². The van der Waals surface area contributed by atoms with Crippen LogP contribution in [0.15, 0.2) is 42.7 Å². The second-order valence-corrected chi connectivity index (χ2v) is 5.55. The number of amides is 1. The Labute approximate surface area is 145 Å². The third-order valence-corrected chi connectivity index (χ3v) is 3.53. The van der Waals surface area contributed by atoms with Crippen LogP contribution in [0, 0.1) is 5.82 Å². The topological polar surface area (TPSA) is 64.7 Å². The van der Waals surface area contributed by atoms with E-state index in [-0.39, 0.29) is 23.7 Å². The molecule has 1 N–H and O–H groups in total. The van der Waals surface area contributed by atoms with Crippen LogP contribution in [0.25, 0.3) is 0 Å². The minimum Gasteiger partial charge on any atom is -0.318 e. The van der Waals surface area contributed by atoms with E-state index in [0.29, 0.717) is 16.3 Å². The molecular formula is C16H13F4N5O. The molecular weight excluding hydrogens is 354 g/mol. The van der Waals surface area contributed by atoms with Crippen LogP contribution >= 0.6 is 0 Å². The maximum atomic E-state index is 13.2. The van der Waals surface area contributed by atoms with Crippen molar-refractivity contribution in [3.8, 4) is 0 Å². The average molecular weight is 367 g/mol. The quantitative estimate of drug-likeness (QED) is 0.721. The summed E-state index contributed by atoms with van der Waals surface area (Å²) in [5.41, 5.74) is -0.432. The molecule has 0 fully saturated rings. The highest BCUT2D eigenvalue weighted by molar-refractivity contribution is 6.02. The van der Waals surface area contributed by atoms with E-state index >= 15 is 0 Å². The predicted molar refractivity (Wildman–Crippen MR) is 83.9 cm³/mol. The fourth-order valence-electron chi connectivity index (χ4n) is 2.38. The molecule has 1 aromatic carbocycles. The van der Waals surface area contributed by atoms with Crippen molar-refractivity contribution < 1.29 is 22.4 Å². The summed E-state index contributed by atoms with van der Waals surface area (Å²) in [6.45, 7) is 0.273. The lowest BCUT2D eigenvalue weighted by molar-refractivity contribution is -0.143. The molecule has 0 saturated carbocycles. The first-order valence-electron chi connectivity index (χ1n) is 7.42. The highest BCUT2D eigenvalue weighted by atomic mass is 19.4. The third-order valence-electron chi connectivity index (χ3n) is 3.53. The summed E-state index contributed by atoms with van der Waals surface area (Å²) in [6.07, 6.45) is -1.78. The molecule has 10 heteroatoms. The molecule has 0 aliphatic rings. The molecule has 2 aromatic heterocycles. The van der Waals surface area contributed by atoms with Crippen LogP contribution in [0.4, 0.5) is 23.2 Å². The van der Waals surface area contributed by atoms with Crippen LogP contribution in [0.3, 0.4) is 0 Å². The van der Waals surface area contributed by atoms with Crippen molar-refractivity contribution >= 4 is 11.6 Å². The Balaban J connectivity index is 1.70. The summed E-state index contributed by atoms with van der Waals surface area (Å²) in [4.78, 5) is 12.1. The van der Waals surface area contributed by atoms with Crippen LogP contribution in [0.2, 0.25) is 0 Å². The van der Waals surface area contributed by atoms with Crippen LogP contribution in [-0.4, -0.2) is 25.5 Å². The van der Waals surface area contributed by atoms with Gasteiger partial charge in [0.2, 0.25) is 0 Å². The zero-order valence-electron chi connectivity index (χ0n) is 13.5. The number of aromatic nitrogens is 4. The molecule has 0 bridgehead atoms. The van der Waals surface area contributed by atoms with Gasteiger partial charge in [0, 0.05) is 19.3 Å². The van der Waals surface area contributed by atoms with Crippen LogP contribution in [-0.2, 0) is 19.8 Å². The zero-order valence-corrected chi connectivity index (χ0v) is 13.5. The van der Waals surface area contributed by atoms with Crippen molar-refractivity contribution in [2.45, 2.75) is 12.7 Å². The monoisotopic (exact) mass is 367 g/mol. The molecule has 6 nitrogen and oxygen atoms in total. The van der Waals surface area contributed by atoms with Gasteiger partial charge in [0.15, 0.2) is 5.69 Å². The average Bonchev–Trinajstić information content (AvgIpc) is 3.13. The van der Waals surface area contributed by atoms with E-state index in [0.717, 1.165) is 7.05 Å². The van der Waals surface area contributed by atoms with Gasteiger partial charge in [-0.3, -0.25) is 14.2 Å². The van der Waals surface area contributed by atoms with E-state index in [9.17, 15) is 22.4 Å². The second-order valence-electron chi connectivity index (χ2n) is 5.55. The Morgan fingerprint density at radius 1 is 1.27 bits per heavy atom. The highest BCUT2D eigenvalue weighted by Crippen LogP contribution is 2.29. The number of carbonyl (C=O) groups is 1. The van der Waals surface area contributed by atoms with Gasteiger partial charge in [0.25, 0.3) is 5.91 Å². The smallest absolute Gasteiger partial charge is 0.318 e. The Bertz CT molecular complexity index is 944. The number of hydrogen-bond acceptors (Lipinski definition) is 3. The summed E-state index contributed by atoms with van der Waals surface area (Å²) < 4.78 is 53.5. The van der Waals surface area contributed by atoms with Crippen LogP contribution in [0.1, 0.15) is 21.7 Å². The minimum atomic E-state index is -4.60. The first-order chi connectivity index (χ1) is 12.2. The number of hydrogen-bond donors (Lipinski definition) is 1. The molecule has 0 atom stereocenters. The molecule has 0 spiro atoms. The largest absolute Gasteiger partial charge is 0.433 e. The number of anilines is 1. The number of halogens is 4. The summed E-state index contributed by atoms with van der Waals surface area (Å²) in [5, 5.41) is 10.0. The van der Waals surface area contributed by atoms with Gasteiger partial charge < -0.3 is 5.32 Å². The Hall–Kier alpha value is -3.17. The van der Waals surface area contributed by atoms with Crippen molar-refractivity contribution in [1.82, 2.24) is 19.6 Å². The third kappa shape index (κ3) is 3.90. The fourth-order valence-corrected chi connectivity index (χ4v) is 2.38. The van der Waals surface area contributed by atoms with Crippen molar-refractivity contribution in [2.75, 3.05) is 5.32 Å². The first-order valence-corrected chi connectivity index (χ1v) is 7.42. The maximum absolute atomic E-state index is 13.2. The number of nitrogens with one attached hydrogen (secondary N) is 1. The summed E-state index contributed by atoms with van der Waals surface area (Å²) in [5.74, 6) is -1.17. The summed E-state index contributed by atoms with van der Waals surface area (Å²) in [7, 11) is 1.11. The SMILES string of the molecule is Cn1nc(C(=O)Nc2cnn(Cc3cccc(F)c3)c2)cc1C(F)(F)F. The van der Waals surface area contributed by atoms with Crippen molar-refractivity contribution in [3.63, 3.8) is 0 Å². The molecule has 3 rings (SSSR count). The lowest BCUT2D eigenvalue weighted by atomic mass is 10.2. The predicted octanol–water partition coefficient (Wildman–Crippen LogP) is 3.08. The number of nitrogens with zero attached hydrogens (tertiary/aromatic N) is 4. The van der Waals surface area contributed by atoms with E-state index in [1.165, 1.54) is 29.2 Å². The molecule has 0 radical (unpaired) electrons. The maximum Gasteiger partial charge on any atom is 0.433 e. The van der Waals surface area contributed by atoms with Gasteiger partial charge in [0.05, 0.1) is 18.4 Å². The van der Waals surface area contributed by atoms with Gasteiger partial charge in [-0.2, -0.15) is 23.4 Å². The Morgan fingerprint density at radius 3 is 2.69 bits per heavy atom. The lowest BCUT2D eigenvalue weighted by Crippen LogP contribution is -2.12. The molecule has 0 aliphatic heterocycles. The van der Waals surface area contributed by atoms with Gasteiger partial charge in [-0.15, -0.1) is 0 Å². The van der Waals surface area contributed by atoms with Gasteiger partial charge in [-0.1, -0.05) is 12.1 Å². The second kappa shape index (κ2) is 6.62. The van der Waals surface area contributed by atoms with Gasteiger partial charge in [0.1, 0.15) is 11.5 Å². The number of aryl methyl sites for hydroxylation is 1. The molecule has 26 heavy (non-hydrogen) atoms. The standard InChI is InChI=1S/C16H13F4N5O/c1-24-14(16(18,19)20)6-13(23-24)15(26)22-12-7-21-25(9-12)8-10-3-2-4-11(17)5-10/h2-7,9H,8H2,1H3,(H,22,26). The number of rotatable bonds is 4. The van der Waals surface area contributed by atoms with Crippen LogP contribution in [0.5, 0.6) is 0 Å². The van der Waals surface area contributed by atoms with E-state index in [1.54, 1.807) is 12.1 Å². The minimum absolute atomic E-state index is 0.273.